The smallest absolute Gasteiger partial charge is 0.197 e. The summed E-state index contributed by atoms with van der Waals surface area (Å²) < 4.78 is 12.9. The first kappa shape index (κ1) is 15.4. The number of aromatic nitrogens is 2. The van der Waals surface area contributed by atoms with E-state index >= 15 is 0 Å². The maximum absolute atomic E-state index is 12.9. The molecule has 1 aliphatic heterocycles. The van der Waals surface area contributed by atoms with Gasteiger partial charge in [-0.2, -0.15) is 0 Å². The molecule has 5 heteroatoms. The number of fused-ring (bicyclic) bond motifs is 2. The zero-order valence-corrected chi connectivity index (χ0v) is 14.8. The Balaban J connectivity index is 1.66. The van der Waals surface area contributed by atoms with Crippen LogP contribution in [0.5, 0.6) is 0 Å². The zero-order valence-electron chi connectivity index (χ0n) is 14.0. The average molecular weight is 339 g/mol. The van der Waals surface area contributed by atoms with E-state index in [-0.39, 0.29) is 0 Å². The van der Waals surface area contributed by atoms with Gasteiger partial charge in [-0.1, -0.05) is 24.3 Å². The SMILES string of the molecule is Cc1ccc2nc(S(=O)Cc3cccc4c3N(C)CCC4)[nH]c2c1. The number of aromatic amines is 1. The Kier molecular flexibility index (Phi) is 3.88. The van der Waals surface area contributed by atoms with Crippen molar-refractivity contribution in [3.63, 3.8) is 0 Å². The number of aryl methyl sites for hydroxylation is 2. The van der Waals surface area contributed by atoms with E-state index < -0.39 is 10.8 Å². The fraction of sp³-hybridized carbons (Fsp3) is 0.316. The van der Waals surface area contributed by atoms with Gasteiger partial charge in [-0.3, -0.25) is 4.21 Å². The van der Waals surface area contributed by atoms with Crippen molar-refractivity contribution in [3.05, 3.63) is 53.1 Å². The Bertz CT molecular complexity index is 932. The molecule has 0 saturated carbocycles. The molecule has 3 aromatic rings. The maximum Gasteiger partial charge on any atom is 0.197 e. The largest absolute Gasteiger partial charge is 0.374 e. The van der Waals surface area contributed by atoms with Crippen LogP contribution in [0.2, 0.25) is 0 Å². The summed E-state index contributed by atoms with van der Waals surface area (Å²) in [6, 6.07) is 12.4. The Labute approximate surface area is 144 Å². The van der Waals surface area contributed by atoms with Gasteiger partial charge in [-0.25, -0.2) is 4.98 Å². The van der Waals surface area contributed by atoms with Crippen molar-refractivity contribution >= 4 is 27.5 Å². The lowest BCUT2D eigenvalue weighted by Crippen LogP contribution is -2.26. The van der Waals surface area contributed by atoms with Crippen LogP contribution in [-0.2, 0) is 23.0 Å². The van der Waals surface area contributed by atoms with Gasteiger partial charge in [0, 0.05) is 19.3 Å². The molecule has 1 atom stereocenters. The van der Waals surface area contributed by atoms with Gasteiger partial charge in [-0.05, 0) is 48.6 Å². The summed E-state index contributed by atoms with van der Waals surface area (Å²) in [5.74, 6) is 0.492. The molecule has 2 heterocycles. The van der Waals surface area contributed by atoms with Gasteiger partial charge < -0.3 is 9.88 Å². The first-order chi connectivity index (χ1) is 11.6. The summed E-state index contributed by atoms with van der Waals surface area (Å²) in [6.07, 6.45) is 2.28. The highest BCUT2D eigenvalue weighted by atomic mass is 32.2. The maximum atomic E-state index is 12.9. The van der Waals surface area contributed by atoms with E-state index in [2.05, 4.69) is 40.1 Å². The second-order valence-electron chi connectivity index (χ2n) is 6.50. The normalized spacial score (nSPS) is 15.5. The molecule has 0 aliphatic carbocycles. The lowest BCUT2D eigenvalue weighted by atomic mass is 9.99. The minimum absolute atomic E-state index is 0.492. The van der Waals surface area contributed by atoms with Gasteiger partial charge in [0.2, 0.25) is 0 Å². The summed E-state index contributed by atoms with van der Waals surface area (Å²) in [7, 11) is 0.939. The van der Waals surface area contributed by atoms with Crippen LogP contribution in [-0.4, -0.2) is 27.8 Å². The molecule has 124 valence electrons. The van der Waals surface area contributed by atoms with Crippen molar-refractivity contribution in [2.24, 2.45) is 0 Å². The third kappa shape index (κ3) is 2.73. The number of hydrogen-bond acceptors (Lipinski definition) is 3. The van der Waals surface area contributed by atoms with Crippen LogP contribution in [0.3, 0.4) is 0 Å². The zero-order chi connectivity index (χ0) is 16.7. The molecule has 2 aromatic carbocycles. The first-order valence-corrected chi connectivity index (χ1v) is 9.60. The van der Waals surface area contributed by atoms with Gasteiger partial charge >= 0.3 is 0 Å². The highest BCUT2D eigenvalue weighted by Crippen LogP contribution is 2.31. The monoisotopic (exact) mass is 339 g/mol. The van der Waals surface area contributed by atoms with Crippen molar-refractivity contribution in [1.29, 1.82) is 0 Å². The van der Waals surface area contributed by atoms with E-state index in [1.165, 1.54) is 23.2 Å². The molecular weight excluding hydrogens is 318 g/mol. The van der Waals surface area contributed by atoms with Gasteiger partial charge in [0.25, 0.3) is 0 Å². The average Bonchev–Trinajstić information content (AvgIpc) is 2.98. The summed E-state index contributed by atoms with van der Waals surface area (Å²) >= 11 is 0. The Morgan fingerprint density at radius 2 is 2.17 bits per heavy atom. The number of benzene rings is 2. The lowest BCUT2D eigenvalue weighted by Gasteiger charge is -2.29. The van der Waals surface area contributed by atoms with E-state index in [0.29, 0.717) is 10.9 Å². The Morgan fingerprint density at radius 3 is 3.04 bits per heavy atom. The molecule has 1 N–H and O–H groups in total. The molecule has 1 aliphatic rings. The van der Waals surface area contributed by atoms with E-state index in [4.69, 9.17) is 0 Å². The summed E-state index contributed by atoms with van der Waals surface area (Å²) in [6.45, 7) is 3.10. The number of rotatable bonds is 3. The fourth-order valence-electron chi connectivity index (χ4n) is 3.49. The molecule has 0 spiro atoms. The van der Waals surface area contributed by atoms with Crippen molar-refractivity contribution in [2.75, 3.05) is 18.5 Å². The van der Waals surface area contributed by atoms with E-state index in [9.17, 15) is 4.21 Å². The predicted octanol–water partition coefficient (Wildman–Crippen LogP) is 3.56. The first-order valence-electron chi connectivity index (χ1n) is 8.28. The van der Waals surface area contributed by atoms with Gasteiger partial charge in [0.1, 0.15) is 0 Å². The summed E-state index contributed by atoms with van der Waals surface area (Å²) in [5, 5.41) is 0.562. The second kappa shape index (κ2) is 6.06. The van der Waals surface area contributed by atoms with E-state index in [1.54, 1.807) is 0 Å². The molecule has 24 heavy (non-hydrogen) atoms. The molecule has 0 fully saturated rings. The van der Waals surface area contributed by atoms with Gasteiger partial charge in [0.05, 0.1) is 27.6 Å². The fourth-order valence-corrected chi connectivity index (χ4v) is 4.57. The van der Waals surface area contributed by atoms with Crippen molar-refractivity contribution in [3.8, 4) is 0 Å². The van der Waals surface area contributed by atoms with Crippen LogP contribution in [0.1, 0.15) is 23.1 Å². The van der Waals surface area contributed by atoms with Crippen molar-refractivity contribution < 1.29 is 4.21 Å². The standard InChI is InChI=1S/C19H21N3OS/c1-13-8-9-16-17(11-13)21-19(20-16)24(23)12-15-6-3-5-14-7-4-10-22(2)18(14)15/h3,5-6,8-9,11H,4,7,10,12H2,1-2H3,(H,20,21). The molecule has 0 amide bonds. The topological polar surface area (TPSA) is 49.0 Å². The highest BCUT2D eigenvalue weighted by Gasteiger charge is 2.19. The quantitative estimate of drug-likeness (QED) is 0.794. The third-order valence-corrected chi connectivity index (χ3v) is 5.84. The van der Waals surface area contributed by atoms with Crippen LogP contribution in [0, 0.1) is 6.92 Å². The molecule has 0 radical (unpaired) electrons. The molecule has 0 bridgehead atoms. The summed E-state index contributed by atoms with van der Waals surface area (Å²) in [4.78, 5) is 10.0. The van der Waals surface area contributed by atoms with E-state index in [0.717, 1.165) is 29.6 Å². The number of anilines is 1. The number of H-pyrrole nitrogens is 1. The van der Waals surface area contributed by atoms with Crippen LogP contribution in [0.4, 0.5) is 5.69 Å². The Hall–Kier alpha value is -2.14. The number of nitrogens with zero attached hydrogens (tertiary/aromatic N) is 2. The number of imidazole rings is 1. The van der Waals surface area contributed by atoms with Crippen molar-refractivity contribution in [1.82, 2.24) is 9.97 Å². The minimum atomic E-state index is -1.18. The van der Waals surface area contributed by atoms with Crippen LogP contribution >= 0.6 is 0 Å². The molecule has 4 nitrogen and oxygen atoms in total. The second-order valence-corrected chi connectivity index (χ2v) is 7.87. The summed E-state index contributed by atoms with van der Waals surface area (Å²) in [5.41, 5.74) is 6.75. The van der Waals surface area contributed by atoms with Gasteiger partial charge in [-0.15, -0.1) is 0 Å². The number of para-hydroxylation sites is 1. The van der Waals surface area contributed by atoms with Crippen LogP contribution in [0.25, 0.3) is 11.0 Å². The molecular formula is C19H21N3OS. The minimum Gasteiger partial charge on any atom is -0.374 e. The highest BCUT2D eigenvalue weighted by molar-refractivity contribution is 7.84. The van der Waals surface area contributed by atoms with Gasteiger partial charge in [0.15, 0.2) is 5.16 Å². The number of nitrogens with one attached hydrogen (secondary N) is 1. The molecule has 1 unspecified atom stereocenters. The lowest BCUT2D eigenvalue weighted by molar-refractivity contribution is 0.677. The van der Waals surface area contributed by atoms with Crippen molar-refractivity contribution in [2.45, 2.75) is 30.7 Å². The van der Waals surface area contributed by atoms with Crippen LogP contribution < -0.4 is 4.90 Å². The number of hydrogen-bond donors (Lipinski definition) is 1. The van der Waals surface area contributed by atoms with Crippen LogP contribution in [0.15, 0.2) is 41.6 Å². The molecule has 0 saturated heterocycles. The molecule has 4 rings (SSSR count). The third-order valence-electron chi connectivity index (χ3n) is 4.64. The Morgan fingerprint density at radius 1 is 1.29 bits per heavy atom. The van der Waals surface area contributed by atoms with E-state index in [1.807, 2.05) is 25.1 Å². The molecule has 1 aromatic heterocycles. The predicted molar refractivity (Wildman–Crippen MR) is 99.0 cm³/mol.